The van der Waals surface area contributed by atoms with E-state index in [9.17, 15) is 10.1 Å². The molecule has 0 aliphatic rings. The van der Waals surface area contributed by atoms with E-state index in [2.05, 4.69) is 4.98 Å². The van der Waals surface area contributed by atoms with E-state index in [4.69, 9.17) is 23.1 Å². The van der Waals surface area contributed by atoms with Gasteiger partial charge in [-0.05, 0) is 13.0 Å². The third-order valence-electron chi connectivity index (χ3n) is 1.84. The van der Waals surface area contributed by atoms with Crippen LogP contribution >= 0.6 is 11.6 Å². The first-order chi connectivity index (χ1) is 7.56. The largest absolute Gasteiger partial charge is 0.378 e. The third kappa shape index (κ3) is 2.91. The highest BCUT2D eigenvalue weighted by Crippen LogP contribution is 2.26. The van der Waals surface area contributed by atoms with Crippen molar-refractivity contribution in [2.45, 2.75) is 6.42 Å². The first-order valence-electron chi connectivity index (χ1n) is 4.53. The first kappa shape index (κ1) is 12.4. The van der Waals surface area contributed by atoms with Gasteiger partial charge in [0.1, 0.15) is 5.15 Å². The molecule has 1 rings (SSSR count). The first-order valence-corrected chi connectivity index (χ1v) is 4.91. The molecule has 7 heteroatoms. The minimum absolute atomic E-state index is 0.136. The molecule has 0 saturated carbocycles. The van der Waals surface area contributed by atoms with Crippen LogP contribution in [0.5, 0.6) is 0 Å². The van der Waals surface area contributed by atoms with Crippen molar-refractivity contribution in [3.05, 3.63) is 33.0 Å². The summed E-state index contributed by atoms with van der Waals surface area (Å²) in [4.78, 5) is 13.7. The van der Waals surface area contributed by atoms with Crippen molar-refractivity contribution >= 4 is 29.2 Å². The maximum atomic E-state index is 10.6. The monoisotopic (exact) mass is 242 g/mol. The third-order valence-corrected chi connectivity index (χ3v) is 2.14. The number of hydrogen-bond donors (Lipinski definition) is 2. The lowest BCUT2D eigenvalue weighted by Gasteiger charge is -2.00. The second kappa shape index (κ2) is 5.43. The van der Waals surface area contributed by atoms with Crippen LogP contribution in [-0.4, -0.2) is 16.5 Å². The summed E-state index contributed by atoms with van der Waals surface area (Å²) in [5.41, 5.74) is 10.9. The van der Waals surface area contributed by atoms with Gasteiger partial charge in [0.15, 0.2) is 0 Å². The zero-order valence-electron chi connectivity index (χ0n) is 8.39. The molecule has 86 valence electrons. The number of pyridine rings is 1. The fourth-order valence-electron chi connectivity index (χ4n) is 1.08. The number of nitrogens with zero attached hydrogens (tertiary/aromatic N) is 2. The molecule has 16 heavy (non-hydrogen) atoms. The molecule has 1 aromatic rings. The van der Waals surface area contributed by atoms with Gasteiger partial charge in [0.2, 0.25) is 5.82 Å². The van der Waals surface area contributed by atoms with Gasteiger partial charge in [-0.2, -0.15) is 0 Å². The molecular weight excluding hydrogens is 232 g/mol. The average Bonchev–Trinajstić information content (AvgIpc) is 2.21. The molecule has 4 N–H and O–H groups in total. The van der Waals surface area contributed by atoms with Crippen LogP contribution in [0.4, 0.5) is 11.5 Å². The van der Waals surface area contributed by atoms with Crippen molar-refractivity contribution in [3.63, 3.8) is 0 Å². The van der Waals surface area contributed by atoms with Crippen molar-refractivity contribution in [1.82, 2.24) is 4.98 Å². The molecule has 1 aromatic heterocycles. The van der Waals surface area contributed by atoms with E-state index >= 15 is 0 Å². The molecule has 6 nitrogen and oxygen atoms in total. The number of halogens is 1. The smallest absolute Gasteiger partial charge is 0.311 e. The molecule has 0 aliphatic heterocycles. The van der Waals surface area contributed by atoms with Gasteiger partial charge in [0.05, 0.1) is 4.92 Å². The van der Waals surface area contributed by atoms with Gasteiger partial charge < -0.3 is 11.5 Å². The summed E-state index contributed by atoms with van der Waals surface area (Å²) in [5, 5.41) is 10.7. The molecule has 0 aliphatic carbocycles. The van der Waals surface area contributed by atoms with Gasteiger partial charge in [-0.15, -0.1) is 0 Å². The van der Waals surface area contributed by atoms with Crippen LogP contribution in [0.25, 0.3) is 6.08 Å². The second-order valence-corrected chi connectivity index (χ2v) is 3.37. The molecule has 0 bridgehead atoms. The van der Waals surface area contributed by atoms with E-state index in [0.717, 1.165) is 0 Å². The minimum atomic E-state index is -0.598. The molecule has 0 aromatic carbocycles. The molecule has 0 amide bonds. The van der Waals surface area contributed by atoms with Crippen molar-refractivity contribution < 1.29 is 4.92 Å². The Bertz CT molecular complexity index is 434. The molecule has 0 radical (unpaired) electrons. The lowest BCUT2D eigenvalue weighted by Crippen LogP contribution is -2.00. The predicted molar refractivity (Wildman–Crippen MR) is 63.0 cm³/mol. The molecule has 0 saturated heterocycles. The maximum absolute atomic E-state index is 10.6. The van der Waals surface area contributed by atoms with Gasteiger partial charge in [0.25, 0.3) is 0 Å². The second-order valence-electron chi connectivity index (χ2n) is 3.01. The van der Waals surface area contributed by atoms with Gasteiger partial charge >= 0.3 is 5.69 Å². The van der Waals surface area contributed by atoms with Crippen LogP contribution in [0.2, 0.25) is 5.15 Å². The lowest BCUT2D eigenvalue weighted by atomic mass is 10.2. The summed E-state index contributed by atoms with van der Waals surface area (Å²) in [6.07, 6.45) is 4.06. The Morgan fingerprint density at radius 2 is 2.31 bits per heavy atom. The normalized spacial score (nSPS) is 10.9. The number of nitrogens with two attached hydrogens (primary N) is 2. The minimum Gasteiger partial charge on any atom is -0.378 e. The van der Waals surface area contributed by atoms with Crippen molar-refractivity contribution in [3.8, 4) is 0 Å². The van der Waals surface area contributed by atoms with E-state index in [1.165, 1.54) is 6.07 Å². The number of hydrogen-bond acceptors (Lipinski definition) is 5. The maximum Gasteiger partial charge on any atom is 0.311 e. The van der Waals surface area contributed by atoms with Crippen LogP contribution in [0.1, 0.15) is 12.0 Å². The fourth-order valence-corrected chi connectivity index (χ4v) is 1.29. The Balaban J connectivity index is 3.09. The highest BCUT2D eigenvalue weighted by molar-refractivity contribution is 6.31. The summed E-state index contributed by atoms with van der Waals surface area (Å²) < 4.78 is 0. The van der Waals surface area contributed by atoms with Crippen LogP contribution in [0.15, 0.2) is 12.1 Å². The highest BCUT2D eigenvalue weighted by Gasteiger charge is 2.15. The predicted octanol–water partition coefficient (Wildman–Crippen LogP) is 1.59. The summed E-state index contributed by atoms with van der Waals surface area (Å²) in [5.74, 6) is -0.189. The molecule has 0 fully saturated rings. The number of anilines is 1. The molecular formula is C9H11ClN4O2. The Morgan fingerprint density at radius 1 is 1.62 bits per heavy atom. The Morgan fingerprint density at radius 3 is 2.88 bits per heavy atom. The van der Waals surface area contributed by atoms with Crippen molar-refractivity contribution in [2.24, 2.45) is 5.73 Å². The summed E-state index contributed by atoms with van der Waals surface area (Å²) >= 11 is 5.79. The number of rotatable bonds is 4. The van der Waals surface area contributed by atoms with E-state index < -0.39 is 4.92 Å². The van der Waals surface area contributed by atoms with Crippen molar-refractivity contribution in [1.29, 1.82) is 0 Å². The number of aromatic nitrogens is 1. The summed E-state index contributed by atoms with van der Waals surface area (Å²) in [6.45, 7) is 0.499. The molecule has 0 atom stereocenters. The highest BCUT2D eigenvalue weighted by atomic mass is 35.5. The standard InChI is InChI=1S/C9H11ClN4O2/c10-8-6(3-1-2-4-11)5-7(14(15)16)9(12)13-8/h1,3,5H,2,4,11H2,(H2,12,13). The molecule has 0 unspecified atom stereocenters. The molecule has 1 heterocycles. The van der Waals surface area contributed by atoms with Crippen LogP contribution in [0, 0.1) is 10.1 Å². The summed E-state index contributed by atoms with van der Waals surface area (Å²) in [7, 11) is 0. The topological polar surface area (TPSA) is 108 Å². The number of nitrogen functional groups attached to an aromatic ring is 1. The fraction of sp³-hybridized carbons (Fsp3) is 0.222. The van der Waals surface area contributed by atoms with Gasteiger partial charge in [-0.3, -0.25) is 10.1 Å². The van der Waals surface area contributed by atoms with Crippen LogP contribution < -0.4 is 11.5 Å². The van der Waals surface area contributed by atoms with E-state index in [0.29, 0.717) is 18.5 Å². The van der Waals surface area contributed by atoms with Crippen LogP contribution in [-0.2, 0) is 0 Å². The van der Waals surface area contributed by atoms with E-state index in [-0.39, 0.29) is 16.7 Å². The van der Waals surface area contributed by atoms with Gasteiger partial charge in [-0.1, -0.05) is 23.8 Å². The number of nitro groups is 1. The SMILES string of the molecule is NCCC=Cc1cc([N+](=O)[O-])c(N)nc1Cl. The Labute approximate surface area is 97.1 Å². The van der Waals surface area contributed by atoms with Crippen LogP contribution in [0.3, 0.4) is 0 Å². The molecule has 0 spiro atoms. The quantitative estimate of drug-likeness (QED) is 0.473. The van der Waals surface area contributed by atoms with Gasteiger partial charge in [0, 0.05) is 11.6 Å². The lowest BCUT2D eigenvalue weighted by molar-refractivity contribution is -0.384. The van der Waals surface area contributed by atoms with Crippen molar-refractivity contribution in [2.75, 3.05) is 12.3 Å². The summed E-state index contributed by atoms with van der Waals surface area (Å²) in [6, 6.07) is 1.29. The zero-order chi connectivity index (χ0) is 12.1. The van der Waals surface area contributed by atoms with E-state index in [1.807, 2.05) is 0 Å². The van der Waals surface area contributed by atoms with E-state index in [1.54, 1.807) is 12.2 Å². The Kier molecular flexibility index (Phi) is 4.21. The Hall–Kier alpha value is -1.66. The average molecular weight is 243 g/mol. The zero-order valence-corrected chi connectivity index (χ0v) is 9.15. The van der Waals surface area contributed by atoms with Gasteiger partial charge in [-0.25, -0.2) is 4.98 Å².